The van der Waals surface area contributed by atoms with Crippen LogP contribution in [0.15, 0.2) is 45.6 Å². The van der Waals surface area contributed by atoms with Crippen LogP contribution >= 0.6 is 0 Å². The average Bonchev–Trinajstić information content (AvgIpc) is 3.30. The van der Waals surface area contributed by atoms with E-state index in [1.165, 1.54) is 4.57 Å². The monoisotopic (exact) mass is 687 g/mol. The normalized spacial score (nSPS) is 20.8. The first-order chi connectivity index (χ1) is 24.1. The van der Waals surface area contributed by atoms with Crippen LogP contribution in [0, 0.1) is 6.92 Å². The summed E-state index contributed by atoms with van der Waals surface area (Å²) in [4.78, 5) is 63.5. The van der Waals surface area contributed by atoms with E-state index < -0.39 is 18.0 Å². The molecule has 0 saturated carbocycles. The minimum atomic E-state index is -1.03. The van der Waals surface area contributed by atoms with Crippen molar-refractivity contribution >= 4 is 34.8 Å². The minimum Gasteiger partial charge on any atom is -0.436 e. The molecule has 3 saturated heterocycles. The van der Waals surface area contributed by atoms with Crippen LogP contribution in [0.3, 0.4) is 0 Å². The van der Waals surface area contributed by atoms with Crippen molar-refractivity contribution in [2.24, 2.45) is 7.05 Å². The highest BCUT2D eigenvalue weighted by atomic mass is 16.6. The number of aryl methyl sites for hydroxylation is 2. The molecule has 2 aromatic carbocycles. The third-order valence-electron chi connectivity index (χ3n) is 11.2. The van der Waals surface area contributed by atoms with E-state index in [2.05, 4.69) is 22.2 Å². The maximum atomic E-state index is 14.2. The van der Waals surface area contributed by atoms with Gasteiger partial charge in [0.1, 0.15) is 0 Å². The number of nitrogens with one attached hydrogen (secondary N) is 1. The lowest BCUT2D eigenvalue weighted by Crippen LogP contribution is -2.54. The molecular formula is C37H49N7O6. The molecule has 13 heteroatoms. The number of hydrogen-bond donors (Lipinski definition) is 1. The molecule has 1 aromatic heterocycles. The van der Waals surface area contributed by atoms with Crippen molar-refractivity contribution in [2.75, 3.05) is 71.3 Å². The van der Waals surface area contributed by atoms with Crippen molar-refractivity contribution in [2.45, 2.75) is 63.6 Å². The summed E-state index contributed by atoms with van der Waals surface area (Å²) in [6.07, 6.45) is 2.42. The van der Waals surface area contributed by atoms with E-state index in [0.717, 1.165) is 67.8 Å². The summed E-state index contributed by atoms with van der Waals surface area (Å²) in [6.45, 7) is 8.80. The van der Waals surface area contributed by atoms with E-state index in [4.69, 9.17) is 9.15 Å². The molecule has 5 heterocycles. The SMILES string of the molecule is Cc1cc(CC(OC(=O)N2CCC(N3CCc4ccccc4NC3=O)CC2)C(=O)N2CCC(N3CCN(C)CC3)CC2)cc2oc(=O)n(C)c12. The number of carbonyl (C=O) groups is 3. The quantitative estimate of drug-likeness (QED) is 0.419. The Morgan fingerprint density at radius 2 is 1.56 bits per heavy atom. The van der Waals surface area contributed by atoms with Gasteiger partial charge in [0.15, 0.2) is 11.7 Å². The van der Waals surface area contributed by atoms with Gasteiger partial charge in [0.25, 0.3) is 5.91 Å². The van der Waals surface area contributed by atoms with Crippen LogP contribution in [0.4, 0.5) is 15.3 Å². The summed E-state index contributed by atoms with van der Waals surface area (Å²) in [5, 5.41) is 3.05. The second-order valence-corrected chi connectivity index (χ2v) is 14.4. The maximum Gasteiger partial charge on any atom is 0.419 e. The Morgan fingerprint density at radius 3 is 2.30 bits per heavy atom. The Labute approximate surface area is 292 Å². The lowest BCUT2D eigenvalue weighted by Gasteiger charge is -2.42. The molecule has 0 aliphatic carbocycles. The topological polar surface area (TPSA) is 124 Å². The molecule has 1 atom stereocenters. The summed E-state index contributed by atoms with van der Waals surface area (Å²) in [5.74, 6) is -0.647. The average molecular weight is 688 g/mol. The van der Waals surface area contributed by atoms with Crippen LogP contribution in [0.25, 0.3) is 11.1 Å². The third kappa shape index (κ3) is 7.11. The van der Waals surface area contributed by atoms with Gasteiger partial charge >= 0.3 is 17.9 Å². The van der Waals surface area contributed by atoms with E-state index in [0.29, 0.717) is 62.7 Å². The van der Waals surface area contributed by atoms with E-state index in [1.807, 2.05) is 47.1 Å². The molecule has 1 N–H and O–H groups in total. The number of piperazine rings is 1. The van der Waals surface area contributed by atoms with E-state index >= 15 is 0 Å². The molecule has 50 heavy (non-hydrogen) atoms. The van der Waals surface area contributed by atoms with Crippen molar-refractivity contribution < 1.29 is 23.5 Å². The van der Waals surface area contributed by atoms with Crippen molar-refractivity contribution in [3.8, 4) is 0 Å². The molecule has 3 fully saturated rings. The van der Waals surface area contributed by atoms with Gasteiger partial charge in [-0.05, 0) is 74.9 Å². The first-order valence-electron chi connectivity index (χ1n) is 18.1. The van der Waals surface area contributed by atoms with Gasteiger partial charge in [0, 0.05) is 90.1 Å². The van der Waals surface area contributed by atoms with Crippen LogP contribution in [0.1, 0.15) is 42.4 Å². The van der Waals surface area contributed by atoms with Crippen LogP contribution < -0.4 is 11.1 Å². The highest BCUT2D eigenvalue weighted by Crippen LogP contribution is 2.27. The fourth-order valence-electron chi connectivity index (χ4n) is 8.23. The standard InChI is InChI=1S/C37H49N7O6/c1-25-22-26(23-31-33(25)40(3)36(47)49-31)24-32(34(45)42-13-9-28(10-14-42)41-20-18-39(2)19-21-41)50-37(48)43-15-11-29(12-16-43)44-17-8-27-6-4-5-7-30(27)38-35(44)46/h4-7,22-23,28-29,32H,8-21,24H2,1-3H3,(H,38,46). The number of anilines is 1. The number of carbonyl (C=O) groups excluding carboxylic acids is 3. The fourth-order valence-corrected chi connectivity index (χ4v) is 8.23. The zero-order valence-electron chi connectivity index (χ0n) is 29.4. The highest BCUT2D eigenvalue weighted by molar-refractivity contribution is 5.91. The molecule has 1 unspecified atom stereocenters. The van der Waals surface area contributed by atoms with Crippen molar-refractivity contribution in [3.63, 3.8) is 0 Å². The molecule has 268 valence electrons. The second-order valence-electron chi connectivity index (χ2n) is 14.4. The van der Waals surface area contributed by atoms with Crippen molar-refractivity contribution in [3.05, 3.63) is 63.6 Å². The highest BCUT2D eigenvalue weighted by Gasteiger charge is 2.36. The number of urea groups is 1. The number of aromatic nitrogens is 1. The Hall–Kier alpha value is -4.36. The van der Waals surface area contributed by atoms with Gasteiger partial charge in [-0.2, -0.15) is 0 Å². The van der Waals surface area contributed by atoms with Crippen LogP contribution in [-0.4, -0.2) is 131 Å². The molecule has 0 spiro atoms. The van der Waals surface area contributed by atoms with Gasteiger partial charge in [-0.25, -0.2) is 14.4 Å². The number of likely N-dealkylation sites (N-methyl/N-ethyl adjacent to an activating group) is 1. The van der Waals surface area contributed by atoms with Gasteiger partial charge in [-0.3, -0.25) is 14.3 Å². The molecule has 4 aliphatic heterocycles. The molecule has 7 rings (SSSR count). The number of rotatable bonds is 6. The van der Waals surface area contributed by atoms with Crippen LogP contribution in [0.5, 0.6) is 0 Å². The van der Waals surface area contributed by atoms with Gasteiger partial charge in [-0.1, -0.05) is 24.3 Å². The number of benzene rings is 2. The summed E-state index contributed by atoms with van der Waals surface area (Å²) < 4.78 is 13.1. The first-order valence-corrected chi connectivity index (χ1v) is 18.1. The van der Waals surface area contributed by atoms with E-state index in [9.17, 15) is 19.2 Å². The number of para-hydroxylation sites is 1. The third-order valence-corrected chi connectivity index (χ3v) is 11.2. The summed E-state index contributed by atoms with van der Waals surface area (Å²) in [6, 6.07) is 11.9. The molecule has 0 radical (unpaired) electrons. The summed E-state index contributed by atoms with van der Waals surface area (Å²) in [5.41, 5.74) is 4.72. The molecular weight excluding hydrogens is 638 g/mol. The predicted molar refractivity (Wildman–Crippen MR) is 189 cm³/mol. The van der Waals surface area contributed by atoms with Gasteiger partial charge in [0.05, 0.1) is 5.52 Å². The van der Waals surface area contributed by atoms with Gasteiger partial charge < -0.3 is 34.1 Å². The van der Waals surface area contributed by atoms with Gasteiger partial charge in [-0.15, -0.1) is 0 Å². The Balaban J connectivity index is 1.02. The summed E-state index contributed by atoms with van der Waals surface area (Å²) >= 11 is 0. The molecule has 3 aromatic rings. The first kappa shape index (κ1) is 34.1. The number of fused-ring (bicyclic) bond motifs is 2. The molecule has 4 aliphatic rings. The zero-order valence-corrected chi connectivity index (χ0v) is 29.4. The Kier molecular flexibility index (Phi) is 9.87. The minimum absolute atomic E-state index is 0.00243. The molecule has 0 bridgehead atoms. The number of oxazole rings is 1. The smallest absolute Gasteiger partial charge is 0.419 e. The van der Waals surface area contributed by atoms with E-state index in [-0.39, 0.29) is 24.4 Å². The maximum absolute atomic E-state index is 14.2. The predicted octanol–water partition coefficient (Wildman–Crippen LogP) is 3.28. The number of nitrogens with zero attached hydrogens (tertiary/aromatic N) is 6. The lowest BCUT2D eigenvalue weighted by atomic mass is 9.99. The Bertz CT molecular complexity index is 1780. The lowest BCUT2D eigenvalue weighted by molar-refractivity contribution is -0.142. The largest absolute Gasteiger partial charge is 0.436 e. The van der Waals surface area contributed by atoms with Crippen molar-refractivity contribution in [1.82, 2.24) is 29.1 Å². The van der Waals surface area contributed by atoms with E-state index in [1.54, 1.807) is 18.0 Å². The zero-order chi connectivity index (χ0) is 34.9. The number of amides is 4. The number of ether oxygens (including phenoxy) is 1. The molecule has 13 nitrogen and oxygen atoms in total. The second kappa shape index (κ2) is 14.5. The number of likely N-dealkylation sites (tertiary alicyclic amines) is 2. The van der Waals surface area contributed by atoms with Crippen molar-refractivity contribution in [1.29, 1.82) is 0 Å². The number of piperidine rings is 2. The molecule has 4 amide bonds. The van der Waals surface area contributed by atoms with Crippen LogP contribution in [0.2, 0.25) is 0 Å². The van der Waals surface area contributed by atoms with Crippen LogP contribution in [-0.2, 0) is 29.4 Å². The van der Waals surface area contributed by atoms with Gasteiger partial charge in [0.2, 0.25) is 0 Å². The Morgan fingerprint density at radius 1 is 0.880 bits per heavy atom. The number of hydrogen-bond acceptors (Lipinski definition) is 8. The fraction of sp³-hybridized carbons (Fsp3) is 0.568. The summed E-state index contributed by atoms with van der Waals surface area (Å²) in [7, 11) is 3.82.